The molecule has 0 saturated heterocycles. The Bertz CT molecular complexity index is 400. The molecule has 0 radical (unpaired) electrons. The van der Waals surface area contributed by atoms with Gasteiger partial charge in [-0.3, -0.25) is 4.79 Å². The van der Waals surface area contributed by atoms with Crippen LogP contribution < -0.4 is 11.1 Å². The third-order valence-corrected chi connectivity index (χ3v) is 1.89. The molecule has 7 heteroatoms. The summed E-state index contributed by atoms with van der Waals surface area (Å²) in [7, 11) is 1.50. The molecule has 0 aliphatic rings. The lowest BCUT2D eigenvalue weighted by Gasteiger charge is -2.08. The lowest BCUT2D eigenvalue weighted by atomic mass is 10.2. The Balaban J connectivity index is -0.000000535. The summed E-state index contributed by atoms with van der Waals surface area (Å²) < 4.78 is 51.5. The van der Waals surface area contributed by atoms with Crippen LogP contribution in [0.4, 0.5) is 23.2 Å². The van der Waals surface area contributed by atoms with Crippen LogP contribution in [0.15, 0.2) is 6.07 Å². The average Bonchev–Trinajstić information content (AvgIpc) is 2.54. The molecule has 0 saturated carbocycles. The third kappa shape index (κ3) is 9.33. The van der Waals surface area contributed by atoms with E-state index in [9.17, 15) is 22.4 Å². The summed E-state index contributed by atoms with van der Waals surface area (Å²) in [5.41, 5.74) is 3.61. The molecule has 0 amide bonds. The van der Waals surface area contributed by atoms with Crippen molar-refractivity contribution in [1.82, 2.24) is 0 Å². The zero-order chi connectivity index (χ0) is 18.3. The van der Waals surface area contributed by atoms with Crippen molar-refractivity contribution < 1.29 is 22.4 Å². The van der Waals surface area contributed by atoms with Crippen LogP contribution >= 0.6 is 0 Å². The van der Waals surface area contributed by atoms with Crippen LogP contribution in [0.1, 0.15) is 41.0 Å². The molecule has 0 unspecified atom stereocenters. The molecule has 22 heavy (non-hydrogen) atoms. The highest BCUT2D eigenvalue weighted by atomic mass is 19.2. The molecular formula is C15H26F4N2O. The van der Waals surface area contributed by atoms with Crippen molar-refractivity contribution in [2.45, 2.75) is 41.0 Å². The molecule has 0 bridgehead atoms. The summed E-state index contributed by atoms with van der Waals surface area (Å²) in [6, 6.07) is 0.126. The summed E-state index contributed by atoms with van der Waals surface area (Å²) in [6.07, 6.45) is 0.0109. The number of Topliss-reactive ketones (excluding diaryl/α,β-unsaturated/α-hetero) is 1. The minimum atomic E-state index is -1.50. The van der Waals surface area contributed by atoms with Crippen LogP contribution in [0.25, 0.3) is 0 Å². The second kappa shape index (κ2) is 15.8. The Morgan fingerprint density at radius 2 is 1.36 bits per heavy atom. The predicted molar refractivity (Wildman–Crippen MR) is 82.9 cm³/mol. The summed E-state index contributed by atoms with van der Waals surface area (Å²) >= 11 is 0. The first-order chi connectivity index (χ1) is 10.4. The van der Waals surface area contributed by atoms with Crippen LogP contribution in [-0.4, -0.2) is 19.4 Å². The van der Waals surface area contributed by atoms with Gasteiger partial charge in [0.2, 0.25) is 0 Å². The fourth-order valence-corrected chi connectivity index (χ4v) is 1.09. The first kappa shape index (κ1) is 25.3. The number of nitrogens with two attached hydrogens (primary N) is 1. The number of carbonyl (C=O) groups excluding carboxylic acids is 1. The number of carbonyl (C=O) groups is 1. The Morgan fingerprint density at radius 1 is 1.00 bits per heavy atom. The van der Waals surface area contributed by atoms with Gasteiger partial charge in [0, 0.05) is 19.0 Å². The van der Waals surface area contributed by atoms with E-state index < -0.39 is 29.0 Å². The molecule has 1 rings (SSSR count). The number of nitrogens with one attached hydrogen (secondary N) is 1. The summed E-state index contributed by atoms with van der Waals surface area (Å²) in [5.74, 6) is -6.16. The van der Waals surface area contributed by atoms with Gasteiger partial charge >= 0.3 is 0 Å². The molecule has 0 atom stereocenters. The Hall–Kier alpha value is -1.63. The molecule has 130 valence electrons. The molecule has 0 aromatic heterocycles. The van der Waals surface area contributed by atoms with E-state index >= 15 is 0 Å². The number of rotatable bonds is 4. The van der Waals surface area contributed by atoms with E-state index in [1.54, 1.807) is 0 Å². The molecule has 0 fully saturated rings. The standard InChI is InChI=1S/C10H9F4NO.2C2H6.CH5N/c1-5(16)2-3-15-10-8(13)6(11)4-7(12)9(10)14;3*1-2/h4,15H,2-3H2,1H3;2*1-2H3;2H2,1H3. The van der Waals surface area contributed by atoms with Crippen molar-refractivity contribution in [3.63, 3.8) is 0 Å². The molecule has 0 heterocycles. The molecule has 1 aromatic rings. The summed E-state index contributed by atoms with van der Waals surface area (Å²) in [6.45, 7) is 9.20. The van der Waals surface area contributed by atoms with E-state index in [-0.39, 0.29) is 24.8 Å². The van der Waals surface area contributed by atoms with E-state index in [0.717, 1.165) is 0 Å². The van der Waals surface area contributed by atoms with Crippen molar-refractivity contribution in [3.8, 4) is 0 Å². The van der Waals surface area contributed by atoms with Crippen molar-refractivity contribution in [2.24, 2.45) is 5.73 Å². The Kier molecular flexibility index (Phi) is 18.1. The monoisotopic (exact) mass is 326 g/mol. The topological polar surface area (TPSA) is 55.1 Å². The van der Waals surface area contributed by atoms with Crippen LogP contribution in [0.3, 0.4) is 0 Å². The molecule has 3 N–H and O–H groups in total. The van der Waals surface area contributed by atoms with Gasteiger partial charge in [0.05, 0.1) is 0 Å². The van der Waals surface area contributed by atoms with Crippen molar-refractivity contribution in [3.05, 3.63) is 29.3 Å². The largest absolute Gasteiger partial charge is 0.380 e. The van der Waals surface area contributed by atoms with E-state index in [2.05, 4.69) is 11.1 Å². The maximum absolute atomic E-state index is 13.0. The van der Waals surface area contributed by atoms with Crippen LogP contribution in [0.2, 0.25) is 0 Å². The van der Waals surface area contributed by atoms with Gasteiger partial charge in [-0.1, -0.05) is 27.7 Å². The number of hydrogen-bond acceptors (Lipinski definition) is 3. The SMILES string of the molecule is CC.CC.CC(=O)CCNc1c(F)c(F)cc(F)c1F.CN. The quantitative estimate of drug-likeness (QED) is 0.642. The normalized spacial score (nSPS) is 8.32. The van der Waals surface area contributed by atoms with E-state index in [1.807, 2.05) is 27.7 Å². The van der Waals surface area contributed by atoms with E-state index in [0.29, 0.717) is 0 Å². The molecule has 0 aliphatic carbocycles. The second-order valence-electron chi connectivity index (χ2n) is 3.22. The zero-order valence-corrected chi connectivity index (χ0v) is 14.0. The van der Waals surface area contributed by atoms with Crippen LogP contribution in [-0.2, 0) is 4.79 Å². The molecule has 0 spiro atoms. The molecular weight excluding hydrogens is 300 g/mol. The maximum atomic E-state index is 13.0. The zero-order valence-electron chi connectivity index (χ0n) is 14.0. The first-order valence-electron chi connectivity index (χ1n) is 7.07. The van der Waals surface area contributed by atoms with Crippen molar-refractivity contribution in [2.75, 3.05) is 18.9 Å². The second-order valence-corrected chi connectivity index (χ2v) is 3.22. The first-order valence-corrected chi connectivity index (χ1v) is 7.07. The molecule has 0 aliphatic heterocycles. The molecule has 3 nitrogen and oxygen atoms in total. The lowest BCUT2D eigenvalue weighted by Crippen LogP contribution is -2.10. The minimum Gasteiger partial charge on any atom is -0.380 e. The number of benzene rings is 1. The maximum Gasteiger partial charge on any atom is 0.185 e. The van der Waals surface area contributed by atoms with Crippen molar-refractivity contribution >= 4 is 11.5 Å². The smallest absolute Gasteiger partial charge is 0.185 e. The minimum absolute atomic E-state index is 0.0109. The lowest BCUT2D eigenvalue weighted by molar-refractivity contribution is -0.116. The van der Waals surface area contributed by atoms with Crippen molar-refractivity contribution in [1.29, 1.82) is 0 Å². The molecule has 1 aromatic carbocycles. The van der Waals surface area contributed by atoms with Gasteiger partial charge in [-0.2, -0.15) is 0 Å². The highest BCUT2D eigenvalue weighted by Gasteiger charge is 2.18. The summed E-state index contributed by atoms with van der Waals surface area (Å²) in [5, 5.41) is 2.14. The average molecular weight is 326 g/mol. The Labute approximate surface area is 129 Å². The number of anilines is 1. The fourth-order valence-electron chi connectivity index (χ4n) is 1.09. The van der Waals surface area contributed by atoms with Gasteiger partial charge in [0.15, 0.2) is 23.3 Å². The van der Waals surface area contributed by atoms with Gasteiger partial charge in [0.1, 0.15) is 11.5 Å². The van der Waals surface area contributed by atoms with Gasteiger partial charge < -0.3 is 11.1 Å². The highest BCUT2D eigenvalue weighted by Crippen LogP contribution is 2.23. The highest BCUT2D eigenvalue weighted by molar-refractivity contribution is 5.76. The number of ketones is 1. The van der Waals surface area contributed by atoms with E-state index in [1.165, 1.54) is 14.0 Å². The number of halogens is 4. The van der Waals surface area contributed by atoms with Gasteiger partial charge in [-0.15, -0.1) is 0 Å². The van der Waals surface area contributed by atoms with Gasteiger partial charge in [-0.25, -0.2) is 17.6 Å². The fraction of sp³-hybridized carbons (Fsp3) is 0.533. The van der Waals surface area contributed by atoms with E-state index in [4.69, 9.17) is 0 Å². The van der Waals surface area contributed by atoms with Gasteiger partial charge in [0.25, 0.3) is 0 Å². The van der Waals surface area contributed by atoms with Crippen LogP contribution in [0.5, 0.6) is 0 Å². The Morgan fingerprint density at radius 3 is 1.68 bits per heavy atom. The van der Waals surface area contributed by atoms with Gasteiger partial charge in [-0.05, 0) is 14.0 Å². The third-order valence-electron chi connectivity index (χ3n) is 1.89. The van der Waals surface area contributed by atoms with Crippen LogP contribution in [0, 0.1) is 23.3 Å². The summed E-state index contributed by atoms with van der Waals surface area (Å²) in [4.78, 5) is 10.6. The predicted octanol–water partition coefficient (Wildman–Crippen LogP) is 4.26. The number of hydrogen-bond donors (Lipinski definition) is 2.